The van der Waals surface area contributed by atoms with Crippen molar-refractivity contribution in [1.82, 2.24) is 9.13 Å². The third-order valence-corrected chi connectivity index (χ3v) is 25.3. The van der Waals surface area contributed by atoms with Gasteiger partial charge in [0.05, 0.1) is 63.6 Å². The Bertz CT molecular complexity index is 9150. The van der Waals surface area contributed by atoms with Crippen LogP contribution in [0.25, 0.3) is 177 Å². The highest BCUT2D eigenvalue weighted by Gasteiger charge is 2.47. The van der Waals surface area contributed by atoms with E-state index in [1.54, 1.807) is 0 Å². The lowest BCUT2D eigenvalue weighted by Crippen LogP contribution is -2.61. The first-order valence-electron chi connectivity index (χ1n) is 53.9. The maximum Gasteiger partial charge on any atom is 0.252 e. The number of nitrogens with zero attached hydrogens (tertiary/aromatic N) is 4. The Balaban J connectivity index is 0.988. The minimum absolute atomic E-state index is 0.205. The van der Waals surface area contributed by atoms with Crippen molar-refractivity contribution >= 4 is 123 Å². The van der Waals surface area contributed by atoms with Crippen LogP contribution in [0.1, 0.15) is 82.8 Å². The van der Waals surface area contributed by atoms with Crippen LogP contribution in [-0.4, -0.2) is 15.8 Å². The Labute approximate surface area is 777 Å². The van der Waals surface area contributed by atoms with E-state index >= 15 is 0 Å². The number of hydrogen-bond donors (Lipinski definition) is 0. The van der Waals surface area contributed by atoms with Crippen LogP contribution >= 0.6 is 0 Å². The van der Waals surface area contributed by atoms with E-state index in [1.165, 1.54) is 0 Å². The quantitative estimate of drug-likeness (QED) is 0.108. The summed E-state index contributed by atoms with van der Waals surface area (Å²) in [6.07, 6.45) is 0. The number of aromatic nitrogens is 2. The fraction of sp³-hybridized carbons (Fsp3) is 0.0656. The van der Waals surface area contributed by atoms with Crippen molar-refractivity contribution in [2.24, 2.45) is 0 Å². The van der Waals surface area contributed by atoms with Crippen LogP contribution < -0.4 is 26.2 Å². The molecule has 0 saturated heterocycles. The smallest absolute Gasteiger partial charge is 0.252 e. The van der Waals surface area contributed by atoms with Crippen molar-refractivity contribution in [3.8, 4) is 112 Å². The highest BCUT2D eigenvalue weighted by Crippen LogP contribution is 2.57. The lowest BCUT2D eigenvalue weighted by molar-refractivity contribution is 0.590. The molecule has 5 nitrogen and oxygen atoms in total. The van der Waals surface area contributed by atoms with Gasteiger partial charge in [0, 0.05) is 88.7 Å². The molecular formula is C122H89BN4O. The van der Waals surface area contributed by atoms with Crippen LogP contribution in [0.2, 0.25) is 0 Å². The van der Waals surface area contributed by atoms with Gasteiger partial charge < -0.3 is 23.4 Å². The van der Waals surface area contributed by atoms with Gasteiger partial charge in [-0.25, -0.2) is 0 Å². The molecule has 0 amide bonds. The summed E-state index contributed by atoms with van der Waals surface area (Å²) < 4.78 is 237. The zero-order chi connectivity index (χ0) is 105. The standard InChI is InChI=1S/C122H89BN4O/c1-121(2,3)92-72-101(82-43-21-11-22-44-82)119(102(73-92)83-45-23-12-24-46-83)126-112-76-94(124-108-52-30-25-47-96(108)97-48-26-31-53-109(97)124)58-60-106(112)123-107-61-59-95(125-110-54-32-27-49-98(110)99-50-28-33-55-111(99)125)77-113(107)127(115-71-89(70-114(126)118(115)123)84-57-62-117-105(69-84)100-51-29-34-56-116(100)128-117)120-103(90-65-85(78-35-13-7-14-36-78)63-86(66-90)79-37-15-8-16-38-79)74-93(122(4,5)6)75-104(120)91-67-87(80-39-17-9-18-40-80)64-88(68-91)81-41-19-10-20-42-81/h7-77H,1-6H3/i25D,26D,27D,28D,30D,31D,32D,33D,47D,48D,49D,50D,52D,53D,54D,55D,58D,59D,60D,61D,76D,77D. The Hall–Kier alpha value is -15.8. The third-order valence-electron chi connectivity index (χ3n) is 25.3. The predicted molar refractivity (Wildman–Crippen MR) is 543 cm³/mol. The monoisotopic (exact) mass is 1660 g/mol. The second-order valence-electron chi connectivity index (χ2n) is 35.0. The van der Waals surface area contributed by atoms with Gasteiger partial charge in [-0.15, -0.1) is 0 Å². The van der Waals surface area contributed by atoms with E-state index in [-0.39, 0.29) is 60.7 Å². The molecule has 22 aromatic rings. The van der Waals surface area contributed by atoms with E-state index in [1.807, 2.05) is 246 Å². The van der Waals surface area contributed by atoms with Gasteiger partial charge in [-0.05, 0) is 256 Å². The van der Waals surface area contributed by atoms with Crippen molar-refractivity contribution in [2.75, 3.05) is 9.80 Å². The average Bonchev–Trinajstić information content (AvgIpc) is 1.04. The Kier molecular flexibility index (Phi) is 13.2. The minimum Gasteiger partial charge on any atom is -0.456 e. The first kappa shape index (κ1) is 56.2. The SMILES string of the molecule is [2H]c1c([2H])c(-n2c3c([2H])c([2H])c([2H])c([2H])c3c3c([2H])c([2H])c([2H])c([2H])c32)c([2H])c2c1B1c3c(cc(-c4ccc5oc6ccccc6c5c4)cc3N(c3c(-c4cc(-c5ccccc5)cc(-c5ccccc5)c4)cc(C(C)(C)C)cc3-c3cc(-c4ccccc4)cc(-c4ccccc4)c3)c3c([2H])c(-n4c5c([2H])c([2H])c([2H])c([2H])c5c5c([2H])c([2H])c([2H])c([2H])c54)c([2H])c([2H])c31)N2c1c(-c2ccccc2)cc(C(C)(C)C)cc1-c1ccccc1. The molecule has 2 aliphatic heterocycles. The minimum atomic E-state index is -1.79. The molecule has 0 aliphatic carbocycles. The molecular weight excluding hydrogens is 1550 g/mol. The van der Waals surface area contributed by atoms with E-state index in [9.17, 15) is 30.2 Å². The summed E-state index contributed by atoms with van der Waals surface area (Å²) in [5.41, 5.74) is 10.9. The van der Waals surface area contributed by atoms with E-state index in [4.69, 9.17) is 4.42 Å². The molecule has 5 heterocycles. The molecule has 2 aliphatic rings. The Morgan fingerprint density at radius 1 is 0.250 bits per heavy atom. The van der Waals surface area contributed by atoms with Gasteiger partial charge in [-0.1, -0.05) is 332 Å². The largest absolute Gasteiger partial charge is 0.456 e. The van der Waals surface area contributed by atoms with Crippen LogP contribution in [0.15, 0.2) is 435 Å². The Morgan fingerprint density at radius 2 is 0.562 bits per heavy atom. The number of fused-ring (bicyclic) bond motifs is 13. The molecule has 24 rings (SSSR count). The van der Waals surface area contributed by atoms with Gasteiger partial charge in [0.2, 0.25) is 0 Å². The van der Waals surface area contributed by atoms with Crippen LogP contribution in [0, 0.1) is 0 Å². The van der Waals surface area contributed by atoms with Crippen LogP contribution in [0.4, 0.5) is 34.1 Å². The van der Waals surface area contributed by atoms with Crippen LogP contribution in [-0.2, 0) is 10.8 Å². The Morgan fingerprint density at radius 3 is 0.930 bits per heavy atom. The molecule has 3 aromatic heterocycles. The van der Waals surface area contributed by atoms with Crippen LogP contribution in [0.3, 0.4) is 0 Å². The lowest BCUT2D eigenvalue weighted by atomic mass is 9.33. The number of hydrogen-bond acceptors (Lipinski definition) is 3. The molecule has 0 radical (unpaired) electrons. The third kappa shape index (κ3) is 12.7. The summed E-state index contributed by atoms with van der Waals surface area (Å²) in [7, 11) is 0. The van der Waals surface area contributed by atoms with Crippen LogP contribution in [0.5, 0.6) is 0 Å². The lowest BCUT2D eigenvalue weighted by Gasteiger charge is -2.46. The molecule has 6 heteroatoms. The van der Waals surface area contributed by atoms with Crippen molar-refractivity contribution in [2.45, 2.75) is 52.4 Å². The number of anilines is 6. The molecule has 128 heavy (non-hydrogen) atoms. The topological polar surface area (TPSA) is 29.5 Å². The van der Waals surface area contributed by atoms with Gasteiger partial charge in [0.25, 0.3) is 6.71 Å². The number of rotatable bonds is 13. The molecule has 606 valence electrons. The first-order valence-corrected chi connectivity index (χ1v) is 42.9. The van der Waals surface area contributed by atoms with E-state index in [0.29, 0.717) is 83.6 Å². The maximum atomic E-state index is 12.4. The predicted octanol–water partition coefficient (Wildman–Crippen LogP) is 31.5. The van der Waals surface area contributed by atoms with Gasteiger partial charge in [0.1, 0.15) is 11.2 Å². The first-order chi connectivity index (χ1) is 71.9. The molecule has 0 atom stereocenters. The highest BCUT2D eigenvalue weighted by molar-refractivity contribution is 7.00. The van der Waals surface area contributed by atoms with E-state index in [2.05, 4.69) is 102 Å². The summed E-state index contributed by atoms with van der Waals surface area (Å²) in [5.74, 6) is 0. The normalized spacial score (nSPS) is 15.0. The highest BCUT2D eigenvalue weighted by atomic mass is 16.3. The molecule has 0 saturated carbocycles. The average molecular weight is 1660 g/mol. The molecule has 0 unspecified atom stereocenters. The second-order valence-corrected chi connectivity index (χ2v) is 35.0. The zero-order valence-corrected chi connectivity index (χ0v) is 70.6. The van der Waals surface area contributed by atoms with Crippen molar-refractivity contribution < 1.29 is 34.6 Å². The van der Waals surface area contributed by atoms with Gasteiger partial charge >= 0.3 is 0 Å². The molecule has 0 bridgehead atoms. The second kappa shape index (κ2) is 30.0. The van der Waals surface area contributed by atoms with E-state index in [0.717, 1.165) is 70.2 Å². The van der Waals surface area contributed by atoms with Gasteiger partial charge in [0.15, 0.2) is 0 Å². The molecule has 0 N–H and O–H groups in total. The van der Waals surface area contributed by atoms with Crippen molar-refractivity contribution in [3.05, 3.63) is 441 Å². The van der Waals surface area contributed by atoms with E-state index < -0.39 is 184 Å². The summed E-state index contributed by atoms with van der Waals surface area (Å²) in [6, 6.07) is 81.5. The molecule has 0 fully saturated rings. The summed E-state index contributed by atoms with van der Waals surface area (Å²) in [6.45, 7) is 10.9. The summed E-state index contributed by atoms with van der Waals surface area (Å²) >= 11 is 0. The summed E-state index contributed by atoms with van der Waals surface area (Å²) in [4.78, 5) is 3.84. The van der Waals surface area contributed by atoms with Gasteiger partial charge in [-0.2, -0.15) is 0 Å². The molecule has 19 aromatic carbocycles. The number of para-hydroxylation sites is 5. The van der Waals surface area contributed by atoms with Crippen molar-refractivity contribution in [3.63, 3.8) is 0 Å². The number of benzene rings is 19. The maximum absolute atomic E-state index is 12.4. The van der Waals surface area contributed by atoms with Crippen molar-refractivity contribution in [1.29, 1.82) is 0 Å². The molecule has 0 spiro atoms. The fourth-order valence-electron chi connectivity index (χ4n) is 19.1. The fourth-order valence-corrected chi connectivity index (χ4v) is 19.1. The van der Waals surface area contributed by atoms with Gasteiger partial charge in [-0.3, -0.25) is 0 Å². The summed E-state index contributed by atoms with van der Waals surface area (Å²) in [5, 5.41) is -0.0754. The zero-order valence-electron chi connectivity index (χ0n) is 92.6. The number of furan rings is 1.